The highest BCUT2D eigenvalue weighted by molar-refractivity contribution is 5.75. The van der Waals surface area contributed by atoms with Crippen LogP contribution in [0.3, 0.4) is 0 Å². The molecule has 0 aromatic rings. The van der Waals surface area contributed by atoms with Crippen LogP contribution < -0.4 is 0 Å². The summed E-state index contributed by atoms with van der Waals surface area (Å²) in [6.07, 6.45) is -4.96. The maximum atomic E-state index is 11.7. The topological polar surface area (TPSA) is 54.0 Å². The number of carbonyl (C=O) groups is 1. The lowest BCUT2D eigenvalue weighted by atomic mass is 10.6. The number of esters is 1. The first-order valence-corrected chi connectivity index (χ1v) is 5.45. The van der Waals surface area contributed by atoms with Gasteiger partial charge in [-0.1, -0.05) is 0 Å². The van der Waals surface area contributed by atoms with Crippen LogP contribution in [0.1, 0.15) is 6.92 Å². The Hall–Kier alpha value is -0.860. The lowest BCUT2D eigenvalue weighted by Gasteiger charge is -2.08. The molecule has 0 aromatic carbocycles. The van der Waals surface area contributed by atoms with E-state index in [1.807, 2.05) is 6.92 Å². The largest absolute Gasteiger partial charge is 0.490 e. The highest BCUT2D eigenvalue weighted by atomic mass is 19.4. The van der Waals surface area contributed by atoms with E-state index in [-0.39, 0.29) is 13.2 Å². The van der Waals surface area contributed by atoms with Crippen molar-refractivity contribution in [2.75, 3.05) is 46.2 Å². The molecule has 0 radical (unpaired) electrons. The third kappa shape index (κ3) is 10.3. The van der Waals surface area contributed by atoms with Gasteiger partial charge in [-0.3, -0.25) is 0 Å². The predicted molar refractivity (Wildman–Crippen MR) is 55.1 cm³/mol. The van der Waals surface area contributed by atoms with E-state index in [2.05, 4.69) is 4.74 Å². The van der Waals surface area contributed by atoms with Crippen molar-refractivity contribution in [2.24, 2.45) is 0 Å². The average Bonchev–Trinajstić information content (AvgIpc) is 2.30. The molecule has 0 amide bonds. The smallest absolute Gasteiger partial charge is 0.457 e. The summed E-state index contributed by atoms with van der Waals surface area (Å²) in [5, 5.41) is 0. The molecule has 18 heavy (non-hydrogen) atoms. The number of halogens is 3. The SMILES string of the molecule is CCOCCOCCOCCOC(=O)C(F)(F)F. The molecule has 0 heterocycles. The first kappa shape index (κ1) is 17.1. The van der Waals surface area contributed by atoms with Gasteiger partial charge in [0.15, 0.2) is 0 Å². The Morgan fingerprint density at radius 3 is 1.78 bits per heavy atom. The zero-order valence-corrected chi connectivity index (χ0v) is 10.1. The molecule has 0 rings (SSSR count). The summed E-state index contributed by atoms with van der Waals surface area (Å²) in [6, 6.07) is 0. The van der Waals surface area contributed by atoms with Gasteiger partial charge in [0.2, 0.25) is 0 Å². The molecule has 0 N–H and O–H groups in total. The second-order valence-electron chi connectivity index (χ2n) is 3.06. The van der Waals surface area contributed by atoms with Gasteiger partial charge in [-0.15, -0.1) is 0 Å². The molecule has 0 spiro atoms. The summed E-state index contributed by atoms with van der Waals surface area (Å²) >= 11 is 0. The van der Waals surface area contributed by atoms with Gasteiger partial charge in [0, 0.05) is 6.61 Å². The van der Waals surface area contributed by atoms with E-state index >= 15 is 0 Å². The van der Waals surface area contributed by atoms with E-state index < -0.39 is 18.8 Å². The molecule has 108 valence electrons. The van der Waals surface area contributed by atoms with Crippen molar-refractivity contribution in [3.8, 4) is 0 Å². The fraction of sp³-hybridized carbons (Fsp3) is 0.900. The number of hydrogen-bond donors (Lipinski definition) is 0. The third-order valence-electron chi connectivity index (χ3n) is 1.64. The van der Waals surface area contributed by atoms with Gasteiger partial charge in [-0.2, -0.15) is 13.2 Å². The Balaban J connectivity index is 3.19. The minimum Gasteiger partial charge on any atom is -0.457 e. The number of hydrogen-bond acceptors (Lipinski definition) is 5. The van der Waals surface area contributed by atoms with Crippen LogP contribution in [-0.2, 0) is 23.7 Å². The first-order chi connectivity index (χ1) is 8.48. The summed E-state index contributed by atoms with van der Waals surface area (Å²) in [5.41, 5.74) is 0. The van der Waals surface area contributed by atoms with Crippen LogP contribution in [-0.4, -0.2) is 58.4 Å². The molecule has 0 aliphatic heterocycles. The van der Waals surface area contributed by atoms with Crippen LogP contribution in [0.2, 0.25) is 0 Å². The van der Waals surface area contributed by atoms with Crippen LogP contribution in [0.4, 0.5) is 13.2 Å². The van der Waals surface area contributed by atoms with Gasteiger partial charge in [0.25, 0.3) is 0 Å². The zero-order chi connectivity index (χ0) is 13.9. The maximum absolute atomic E-state index is 11.7. The first-order valence-electron chi connectivity index (χ1n) is 5.45. The van der Waals surface area contributed by atoms with E-state index in [1.165, 1.54) is 0 Å². The highest BCUT2D eigenvalue weighted by Crippen LogP contribution is 2.15. The van der Waals surface area contributed by atoms with Gasteiger partial charge in [0.05, 0.1) is 33.0 Å². The lowest BCUT2D eigenvalue weighted by molar-refractivity contribution is -0.200. The van der Waals surface area contributed by atoms with Crippen molar-refractivity contribution in [3.63, 3.8) is 0 Å². The molecule has 0 atom stereocenters. The van der Waals surface area contributed by atoms with Crippen molar-refractivity contribution in [1.29, 1.82) is 0 Å². The van der Waals surface area contributed by atoms with E-state index in [4.69, 9.17) is 14.2 Å². The Morgan fingerprint density at radius 1 is 0.889 bits per heavy atom. The number of ether oxygens (including phenoxy) is 4. The number of carbonyl (C=O) groups excluding carboxylic acids is 1. The van der Waals surface area contributed by atoms with Crippen molar-refractivity contribution in [2.45, 2.75) is 13.1 Å². The molecule has 0 aromatic heterocycles. The second-order valence-corrected chi connectivity index (χ2v) is 3.06. The Morgan fingerprint density at radius 2 is 1.33 bits per heavy atom. The molecule has 0 fully saturated rings. The molecule has 0 saturated carbocycles. The average molecular weight is 274 g/mol. The van der Waals surface area contributed by atoms with Gasteiger partial charge in [0.1, 0.15) is 6.61 Å². The van der Waals surface area contributed by atoms with Gasteiger partial charge in [-0.25, -0.2) is 4.79 Å². The molecule has 0 bridgehead atoms. The minimum atomic E-state index is -4.96. The van der Waals surface area contributed by atoms with Crippen LogP contribution in [0.25, 0.3) is 0 Å². The molecule has 0 unspecified atom stereocenters. The maximum Gasteiger partial charge on any atom is 0.490 e. The Labute approximate surface area is 103 Å². The van der Waals surface area contributed by atoms with Gasteiger partial charge < -0.3 is 18.9 Å². The highest BCUT2D eigenvalue weighted by Gasteiger charge is 2.40. The van der Waals surface area contributed by atoms with Gasteiger partial charge in [-0.05, 0) is 6.92 Å². The molecule has 0 aliphatic carbocycles. The normalized spacial score (nSPS) is 11.6. The molecular weight excluding hydrogens is 257 g/mol. The summed E-state index contributed by atoms with van der Waals surface area (Å²) in [6.45, 7) is 3.39. The monoisotopic (exact) mass is 274 g/mol. The van der Waals surface area contributed by atoms with Crippen molar-refractivity contribution in [1.82, 2.24) is 0 Å². The van der Waals surface area contributed by atoms with Crippen LogP contribution >= 0.6 is 0 Å². The van der Waals surface area contributed by atoms with Gasteiger partial charge >= 0.3 is 12.1 Å². The fourth-order valence-corrected chi connectivity index (χ4v) is 0.859. The predicted octanol–water partition coefficient (Wildman–Crippen LogP) is 1.16. The summed E-state index contributed by atoms with van der Waals surface area (Å²) < 4.78 is 53.9. The molecule has 0 aliphatic rings. The summed E-state index contributed by atoms with van der Waals surface area (Å²) in [7, 11) is 0. The van der Waals surface area contributed by atoms with E-state index in [9.17, 15) is 18.0 Å². The Bertz CT molecular complexity index is 220. The number of rotatable bonds is 10. The lowest BCUT2D eigenvalue weighted by Crippen LogP contribution is -2.26. The Kier molecular flexibility index (Phi) is 9.62. The fourth-order valence-electron chi connectivity index (χ4n) is 0.859. The molecule has 5 nitrogen and oxygen atoms in total. The van der Waals surface area contributed by atoms with Crippen molar-refractivity contribution >= 4 is 5.97 Å². The van der Waals surface area contributed by atoms with Crippen LogP contribution in [0.15, 0.2) is 0 Å². The minimum absolute atomic E-state index is 0.101. The molecule has 0 saturated heterocycles. The third-order valence-corrected chi connectivity index (χ3v) is 1.64. The quantitative estimate of drug-likeness (QED) is 0.442. The summed E-state index contributed by atoms with van der Waals surface area (Å²) in [4.78, 5) is 10.3. The summed E-state index contributed by atoms with van der Waals surface area (Å²) in [5.74, 6) is -2.21. The molecular formula is C10H17F3O5. The van der Waals surface area contributed by atoms with E-state index in [0.29, 0.717) is 26.4 Å². The standard InChI is InChI=1S/C10H17F3O5/c1-2-15-3-4-16-5-6-17-7-8-18-9(14)10(11,12)13/h2-8H2,1H3. The van der Waals surface area contributed by atoms with E-state index in [0.717, 1.165) is 0 Å². The van der Waals surface area contributed by atoms with Crippen molar-refractivity contribution in [3.05, 3.63) is 0 Å². The molecule has 8 heteroatoms. The van der Waals surface area contributed by atoms with Crippen LogP contribution in [0, 0.1) is 0 Å². The van der Waals surface area contributed by atoms with E-state index in [1.54, 1.807) is 0 Å². The van der Waals surface area contributed by atoms with Crippen molar-refractivity contribution < 1.29 is 36.9 Å². The number of alkyl halides is 3. The van der Waals surface area contributed by atoms with Crippen LogP contribution in [0.5, 0.6) is 0 Å². The zero-order valence-electron chi connectivity index (χ0n) is 10.1. The second kappa shape index (κ2) is 10.1.